The average molecular weight is 254 g/mol. The molecule has 94 valence electrons. The molecule has 1 unspecified atom stereocenters. The van der Waals surface area contributed by atoms with Crippen molar-refractivity contribution in [2.75, 3.05) is 26.1 Å². The van der Waals surface area contributed by atoms with Gasteiger partial charge in [0.15, 0.2) is 0 Å². The predicted octanol–water partition coefficient (Wildman–Crippen LogP) is 2.04. The number of benzene rings is 1. The van der Waals surface area contributed by atoms with Gasteiger partial charge in [0.05, 0.1) is 24.9 Å². The van der Waals surface area contributed by atoms with Crippen molar-refractivity contribution in [2.24, 2.45) is 11.7 Å². The van der Waals surface area contributed by atoms with Gasteiger partial charge in [-0.3, -0.25) is 0 Å². The monoisotopic (exact) mass is 254 g/mol. The number of rotatable bonds is 6. The standard InChI is InChI=1S/C12H18N2O2S/c1-8(12(13)17)7-14-10-6-9(15-2)4-5-11(10)16-3/h4-6,8,14H,7H2,1-3H3,(H2,13,17). The Kier molecular flexibility index (Phi) is 5.03. The summed E-state index contributed by atoms with van der Waals surface area (Å²) in [5.41, 5.74) is 6.43. The zero-order valence-corrected chi connectivity index (χ0v) is 11.1. The van der Waals surface area contributed by atoms with Crippen molar-refractivity contribution < 1.29 is 9.47 Å². The first-order valence-electron chi connectivity index (χ1n) is 5.33. The second-order valence-corrected chi connectivity index (χ2v) is 4.22. The Morgan fingerprint density at radius 2 is 2.12 bits per heavy atom. The molecule has 0 fully saturated rings. The fourth-order valence-corrected chi connectivity index (χ4v) is 1.40. The molecule has 0 aromatic heterocycles. The summed E-state index contributed by atoms with van der Waals surface area (Å²) in [6.07, 6.45) is 0. The summed E-state index contributed by atoms with van der Waals surface area (Å²) in [7, 11) is 3.26. The Balaban J connectivity index is 2.77. The van der Waals surface area contributed by atoms with Gasteiger partial charge in [-0.1, -0.05) is 19.1 Å². The maximum absolute atomic E-state index is 5.56. The number of nitrogens with one attached hydrogen (secondary N) is 1. The van der Waals surface area contributed by atoms with Gasteiger partial charge >= 0.3 is 0 Å². The molecule has 17 heavy (non-hydrogen) atoms. The van der Waals surface area contributed by atoms with E-state index in [2.05, 4.69) is 5.32 Å². The molecule has 0 aliphatic rings. The highest BCUT2D eigenvalue weighted by Crippen LogP contribution is 2.28. The lowest BCUT2D eigenvalue weighted by atomic mass is 10.1. The number of anilines is 1. The number of thiocarbonyl (C=S) groups is 1. The van der Waals surface area contributed by atoms with Gasteiger partial charge in [-0.25, -0.2) is 0 Å². The summed E-state index contributed by atoms with van der Waals surface area (Å²) in [6.45, 7) is 2.64. The van der Waals surface area contributed by atoms with Crippen LogP contribution in [0.15, 0.2) is 18.2 Å². The topological polar surface area (TPSA) is 56.5 Å². The summed E-state index contributed by atoms with van der Waals surface area (Å²) < 4.78 is 10.4. The molecular formula is C12H18N2O2S. The lowest BCUT2D eigenvalue weighted by molar-refractivity contribution is 0.404. The van der Waals surface area contributed by atoms with E-state index in [-0.39, 0.29) is 5.92 Å². The summed E-state index contributed by atoms with van der Waals surface area (Å²) >= 11 is 4.93. The summed E-state index contributed by atoms with van der Waals surface area (Å²) in [6, 6.07) is 5.58. The Hall–Kier alpha value is -1.49. The van der Waals surface area contributed by atoms with E-state index in [9.17, 15) is 0 Å². The zero-order valence-electron chi connectivity index (χ0n) is 10.3. The van der Waals surface area contributed by atoms with E-state index in [0.29, 0.717) is 11.5 Å². The Bertz CT molecular complexity index is 396. The average Bonchev–Trinajstić information content (AvgIpc) is 2.35. The SMILES string of the molecule is COc1ccc(OC)c(NCC(C)C(N)=S)c1. The lowest BCUT2D eigenvalue weighted by Gasteiger charge is -2.15. The van der Waals surface area contributed by atoms with Gasteiger partial charge in [0.25, 0.3) is 0 Å². The van der Waals surface area contributed by atoms with E-state index in [1.807, 2.05) is 25.1 Å². The van der Waals surface area contributed by atoms with Crippen molar-refractivity contribution in [1.29, 1.82) is 0 Å². The molecule has 0 aliphatic carbocycles. The van der Waals surface area contributed by atoms with Crippen molar-refractivity contribution in [3.63, 3.8) is 0 Å². The van der Waals surface area contributed by atoms with Crippen LogP contribution in [0.5, 0.6) is 11.5 Å². The number of ether oxygens (including phenoxy) is 2. The van der Waals surface area contributed by atoms with Crippen LogP contribution in [-0.2, 0) is 0 Å². The van der Waals surface area contributed by atoms with Crippen LogP contribution in [-0.4, -0.2) is 25.8 Å². The molecule has 1 atom stereocenters. The lowest BCUT2D eigenvalue weighted by Crippen LogP contribution is -2.25. The number of hydrogen-bond donors (Lipinski definition) is 2. The normalized spacial score (nSPS) is 11.7. The molecule has 0 aliphatic heterocycles. The van der Waals surface area contributed by atoms with Gasteiger partial charge in [-0.05, 0) is 12.1 Å². The van der Waals surface area contributed by atoms with Gasteiger partial charge in [0, 0.05) is 18.5 Å². The van der Waals surface area contributed by atoms with Gasteiger partial charge < -0.3 is 20.5 Å². The van der Waals surface area contributed by atoms with Gasteiger partial charge in [-0.2, -0.15) is 0 Å². The van der Waals surface area contributed by atoms with E-state index >= 15 is 0 Å². The van der Waals surface area contributed by atoms with Crippen molar-refractivity contribution in [2.45, 2.75) is 6.92 Å². The van der Waals surface area contributed by atoms with Crippen LogP contribution < -0.4 is 20.5 Å². The molecule has 4 nitrogen and oxygen atoms in total. The summed E-state index contributed by atoms with van der Waals surface area (Å²) in [5.74, 6) is 1.66. The molecule has 0 radical (unpaired) electrons. The number of nitrogens with two attached hydrogens (primary N) is 1. The third-order valence-electron chi connectivity index (χ3n) is 2.49. The van der Waals surface area contributed by atoms with Crippen LogP contribution in [0.3, 0.4) is 0 Å². The van der Waals surface area contributed by atoms with Crippen molar-refractivity contribution in [3.05, 3.63) is 18.2 Å². The predicted molar refractivity (Wildman–Crippen MR) is 74.0 cm³/mol. The zero-order chi connectivity index (χ0) is 12.8. The molecule has 0 spiro atoms. The Morgan fingerprint density at radius 3 is 2.65 bits per heavy atom. The van der Waals surface area contributed by atoms with E-state index in [1.165, 1.54) is 0 Å². The van der Waals surface area contributed by atoms with Crippen LogP contribution in [0.1, 0.15) is 6.92 Å². The Morgan fingerprint density at radius 1 is 1.41 bits per heavy atom. The highest BCUT2D eigenvalue weighted by Gasteiger charge is 2.08. The molecule has 5 heteroatoms. The Labute approximate surface area is 107 Å². The maximum Gasteiger partial charge on any atom is 0.142 e. The molecular weight excluding hydrogens is 236 g/mol. The maximum atomic E-state index is 5.56. The highest BCUT2D eigenvalue weighted by molar-refractivity contribution is 7.80. The molecule has 1 aromatic carbocycles. The minimum Gasteiger partial charge on any atom is -0.497 e. The van der Waals surface area contributed by atoms with Crippen LogP contribution in [0.4, 0.5) is 5.69 Å². The van der Waals surface area contributed by atoms with E-state index < -0.39 is 0 Å². The summed E-state index contributed by atoms with van der Waals surface area (Å²) in [4.78, 5) is 0.499. The molecule has 0 bridgehead atoms. The molecule has 1 aromatic rings. The molecule has 0 amide bonds. The molecule has 3 N–H and O–H groups in total. The van der Waals surface area contributed by atoms with E-state index in [0.717, 1.165) is 17.2 Å². The van der Waals surface area contributed by atoms with Crippen LogP contribution >= 0.6 is 12.2 Å². The molecule has 0 saturated heterocycles. The van der Waals surface area contributed by atoms with Crippen LogP contribution in [0.2, 0.25) is 0 Å². The van der Waals surface area contributed by atoms with Gasteiger partial charge in [-0.15, -0.1) is 0 Å². The van der Waals surface area contributed by atoms with Crippen molar-refractivity contribution in [1.82, 2.24) is 0 Å². The minimum atomic E-state index is 0.126. The molecule has 0 heterocycles. The van der Waals surface area contributed by atoms with Crippen molar-refractivity contribution >= 4 is 22.9 Å². The third-order valence-corrected chi connectivity index (χ3v) is 2.89. The van der Waals surface area contributed by atoms with Gasteiger partial charge in [0.2, 0.25) is 0 Å². The summed E-state index contributed by atoms with van der Waals surface area (Å²) in [5, 5.41) is 3.25. The van der Waals surface area contributed by atoms with E-state index in [4.69, 9.17) is 27.4 Å². The largest absolute Gasteiger partial charge is 0.497 e. The quantitative estimate of drug-likeness (QED) is 0.761. The van der Waals surface area contributed by atoms with Crippen molar-refractivity contribution in [3.8, 4) is 11.5 Å². The second kappa shape index (κ2) is 6.30. The number of hydrogen-bond acceptors (Lipinski definition) is 4. The molecule has 0 saturated carbocycles. The smallest absolute Gasteiger partial charge is 0.142 e. The minimum absolute atomic E-state index is 0.126. The first kappa shape index (κ1) is 13.6. The van der Waals surface area contributed by atoms with E-state index in [1.54, 1.807) is 14.2 Å². The number of methoxy groups -OCH3 is 2. The fourth-order valence-electron chi connectivity index (χ4n) is 1.32. The third kappa shape index (κ3) is 3.78. The first-order valence-corrected chi connectivity index (χ1v) is 5.74. The van der Waals surface area contributed by atoms with Crippen LogP contribution in [0, 0.1) is 5.92 Å². The second-order valence-electron chi connectivity index (χ2n) is 3.75. The highest BCUT2D eigenvalue weighted by atomic mass is 32.1. The fraction of sp³-hybridized carbons (Fsp3) is 0.417. The molecule has 1 rings (SSSR count). The van der Waals surface area contributed by atoms with Crippen LogP contribution in [0.25, 0.3) is 0 Å². The first-order chi connectivity index (χ1) is 8.08. The van der Waals surface area contributed by atoms with Gasteiger partial charge in [0.1, 0.15) is 11.5 Å².